The van der Waals surface area contributed by atoms with Crippen LogP contribution < -0.4 is 5.32 Å². The molecule has 1 fully saturated rings. The zero-order chi connectivity index (χ0) is 12.0. The molecule has 2 atom stereocenters. The second-order valence-corrected chi connectivity index (χ2v) is 5.11. The van der Waals surface area contributed by atoms with E-state index >= 15 is 0 Å². The largest absolute Gasteiger partial charge is 0.331 e. The molecular weight excluding hydrogens is 210 g/mol. The molecule has 2 aromatic rings. The third kappa shape index (κ3) is 1.57. The quantitative estimate of drug-likeness (QED) is 0.813. The zero-order valence-corrected chi connectivity index (χ0v) is 10.7. The van der Waals surface area contributed by atoms with Gasteiger partial charge in [0.2, 0.25) is 0 Å². The lowest BCUT2D eigenvalue weighted by atomic mass is 10.0. The summed E-state index contributed by atoms with van der Waals surface area (Å²) in [5, 5.41) is 3.50. The maximum absolute atomic E-state index is 4.83. The van der Waals surface area contributed by atoms with Crippen LogP contribution in [0.25, 0.3) is 11.0 Å². The first-order valence-corrected chi connectivity index (χ1v) is 6.34. The Labute approximate surface area is 102 Å². The van der Waals surface area contributed by atoms with Gasteiger partial charge in [0.25, 0.3) is 0 Å². The summed E-state index contributed by atoms with van der Waals surface area (Å²) in [6, 6.07) is 6.89. The maximum atomic E-state index is 4.83. The van der Waals surface area contributed by atoms with Gasteiger partial charge in [-0.3, -0.25) is 0 Å². The zero-order valence-electron chi connectivity index (χ0n) is 10.7. The van der Waals surface area contributed by atoms with Crippen molar-refractivity contribution < 1.29 is 0 Å². The van der Waals surface area contributed by atoms with Gasteiger partial charge in [-0.15, -0.1) is 0 Å². The highest BCUT2D eigenvalue weighted by Gasteiger charge is 2.28. The highest BCUT2D eigenvalue weighted by atomic mass is 15.1. The minimum Gasteiger partial charge on any atom is -0.331 e. The van der Waals surface area contributed by atoms with E-state index in [1.165, 1.54) is 23.3 Å². The third-order valence-electron chi connectivity index (χ3n) is 3.99. The molecule has 90 valence electrons. The Morgan fingerprint density at radius 2 is 2.24 bits per heavy atom. The molecule has 2 heterocycles. The molecule has 0 bridgehead atoms. The molecule has 0 aliphatic carbocycles. The molecule has 1 aromatic heterocycles. The summed E-state index contributed by atoms with van der Waals surface area (Å²) in [5.41, 5.74) is 3.71. The summed E-state index contributed by atoms with van der Waals surface area (Å²) in [4.78, 5) is 4.83. The number of aryl methyl sites for hydroxylation is 2. The van der Waals surface area contributed by atoms with Crippen LogP contribution in [-0.4, -0.2) is 22.1 Å². The van der Waals surface area contributed by atoms with Crippen molar-refractivity contribution in [3.05, 3.63) is 29.6 Å². The van der Waals surface area contributed by atoms with Crippen LogP contribution in [0.3, 0.4) is 0 Å². The predicted molar refractivity (Wildman–Crippen MR) is 70.3 cm³/mol. The lowest BCUT2D eigenvalue weighted by molar-refractivity contribution is 0.554. The van der Waals surface area contributed by atoms with Crippen LogP contribution in [-0.2, 0) is 7.05 Å². The Morgan fingerprint density at radius 3 is 2.88 bits per heavy atom. The monoisotopic (exact) mass is 229 g/mol. The van der Waals surface area contributed by atoms with Gasteiger partial charge in [0, 0.05) is 19.0 Å². The average molecular weight is 229 g/mol. The Hall–Kier alpha value is -1.35. The van der Waals surface area contributed by atoms with Crippen molar-refractivity contribution in [2.75, 3.05) is 6.54 Å². The van der Waals surface area contributed by atoms with Crippen LogP contribution in [0.1, 0.15) is 30.7 Å². The molecule has 3 heteroatoms. The van der Waals surface area contributed by atoms with E-state index in [4.69, 9.17) is 4.98 Å². The van der Waals surface area contributed by atoms with Crippen LogP contribution >= 0.6 is 0 Å². The van der Waals surface area contributed by atoms with E-state index in [0.29, 0.717) is 12.0 Å². The molecule has 1 aliphatic heterocycles. The number of nitrogens with one attached hydrogen (secondary N) is 1. The SMILES string of the molecule is Cc1cccc2nc(C3CCNC3C)n(C)c12. The second-order valence-electron chi connectivity index (χ2n) is 5.11. The fourth-order valence-electron chi connectivity index (χ4n) is 3.03. The first-order chi connectivity index (χ1) is 8.18. The fraction of sp³-hybridized carbons (Fsp3) is 0.500. The minimum atomic E-state index is 0.533. The van der Waals surface area contributed by atoms with Gasteiger partial charge in [-0.05, 0) is 38.4 Å². The van der Waals surface area contributed by atoms with Gasteiger partial charge in [-0.25, -0.2) is 4.98 Å². The van der Waals surface area contributed by atoms with Crippen molar-refractivity contribution in [2.45, 2.75) is 32.2 Å². The van der Waals surface area contributed by atoms with Crippen LogP contribution in [0.5, 0.6) is 0 Å². The smallest absolute Gasteiger partial charge is 0.114 e. The molecule has 1 N–H and O–H groups in total. The van der Waals surface area contributed by atoms with Gasteiger partial charge >= 0.3 is 0 Å². The third-order valence-corrected chi connectivity index (χ3v) is 3.99. The lowest BCUT2D eigenvalue weighted by Crippen LogP contribution is -2.23. The minimum absolute atomic E-state index is 0.533. The number of hydrogen-bond donors (Lipinski definition) is 1. The number of hydrogen-bond acceptors (Lipinski definition) is 2. The van der Waals surface area contributed by atoms with Crippen LogP contribution in [0.2, 0.25) is 0 Å². The molecule has 0 radical (unpaired) electrons. The van der Waals surface area contributed by atoms with Gasteiger partial charge in [-0.1, -0.05) is 12.1 Å². The fourth-order valence-corrected chi connectivity index (χ4v) is 3.03. The van der Waals surface area contributed by atoms with E-state index < -0.39 is 0 Å². The van der Waals surface area contributed by atoms with Gasteiger partial charge in [0.05, 0.1) is 11.0 Å². The molecule has 1 aliphatic rings. The van der Waals surface area contributed by atoms with Crippen LogP contribution in [0.15, 0.2) is 18.2 Å². The van der Waals surface area contributed by atoms with Gasteiger partial charge in [0.1, 0.15) is 5.82 Å². The summed E-state index contributed by atoms with van der Waals surface area (Å²) in [5.74, 6) is 1.78. The van der Waals surface area contributed by atoms with Gasteiger partial charge in [-0.2, -0.15) is 0 Å². The van der Waals surface area contributed by atoms with Crippen LogP contribution in [0, 0.1) is 6.92 Å². The normalized spacial score (nSPS) is 24.6. The molecular formula is C14H19N3. The molecule has 17 heavy (non-hydrogen) atoms. The van der Waals surface area contributed by atoms with E-state index in [2.05, 4.69) is 49.0 Å². The Bertz CT molecular complexity index is 556. The number of para-hydroxylation sites is 1. The average Bonchev–Trinajstić information content (AvgIpc) is 2.84. The van der Waals surface area contributed by atoms with Crippen molar-refractivity contribution in [2.24, 2.45) is 7.05 Å². The number of benzene rings is 1. The number of fused-ring (bicyclic) bond motifs is 1. The first kappa shape index (κ1) is 10.8. The lowest BCUT2D eigenvalue weighted by Gasteiger charge is -2.14. The summed E-state index contributed by atoms with van der Waals surface area (Å²) < 4.78 is 2.28. The highest BCUT2D eigenvalue weighted by Crippen LogP contribution is 2.30. The van der Waals surface area contributed by atoms with E-state index in [1.54, 1.807) is 0 Å². The van der Waals surface area contributed by atoms with E-state index in [1.807, 2.05) is 0 Å². The number of imidazole rings is 1. The van der Waals surface area contributed by atoms with Crippen molar-refractivity contribution in [3.8, 4) is 0 Å². The highest BCUT2D eigenvalue weighted by molar-refractivity contribution is 5.79. The molecule has 0 amide bonds. The number of nitrogens with zero attached hydrogens (tertiary/aromatic N) is 2. The Balaban J connectivity index is 2.18. The Morgan fingerprint density at radius 1 is 1.41 bits per heavy atom. The van der Waals surface area contributed by atoms with E-state index in [-0.39, 0.29) is 0 Å². The van der Waals surface area contributed by atoms with E-state index in [9.17, 15) is 0 Å². The first-order valence-electron chi connectivity index (χ1n) is 6.34. The van der Waals surface area contributed by atoms with Crippen molar-refractivity contribution >= 4 is 11.0 Å². The molecule has 0 saturated carbocycles. The van der Waals surface area contributed by atoms with Gasteiger partial charge in [0.15, 0.2) is 0 Å². The van der Waals surface area contributed by atoms with Crippen LogP contribution in [0.4, 0.5) is 0 Å². The number of aromatic nitrogens is 2. The topological polar surface area (TPSA) is 29.9 Å². The van der Waals surface area contributed by atoms with Crippen molar-refractivity contribution in [1.29, 1.82) is 0 Å². The van der Waals surface area contributed by atoms with Crippen molar-refractivity contribution in [1.82, 2.24) is 14.9 Å². The molecule has 0 spiro atoms. The summed E-state index contributed by atoms with van der Waals surface area (Å²) in [7, 11) is 2.14. The molecule has 1 aromatic carbocycles. The van der Waals surface area contributed by atoms with Crippen molar-refractivity contribution in [3.63, 3.8) is 0 Å². The summed E-state index contributed by atoms with van der Waals surface area (Å²) in [6.07, 6.45) is 1.19. The molecule has 2 unspecified atom stereocenters. The Kier molecular flexibility index (Phi) is 2.44. The summed E-state index contributed by atoms with van der Waals surface area (Å²) in [6.45, 7) is 5.52. The van der Waals surface area contributed by atoms with E-state index in [0.717, 1.165) is 12.1 Å². The molecule has 3 nitrogen and oxygen atoms in total. The maximum Gasteiger partial charge on any atom is 0.114 e. The second kappa shape index (κ2) is 3.84. The molecule has 3 rings (SSSR count). The standard InChI is InChI=1S/C14H19N3/c1-9-5-4-6-12-13(9)17(3)14(16-12)11-7-8-15-10(11)2/h4-6,10-11,15H,7-8H2,1-3H3. The van der Waals surface area contributed by atoms with Gasteiger partial charge < -0.3 is 9.88 Å². The predicted octanol–water partition coefficient (Wildman–Crippen LogP) is 2.35. The number of rotatable bonds is 1. The molecule has 1 saturated heterocycles. The summed E-state index contributed by atoms with van der Waals surface area (Å²) >= 11 is 0.